The Morgan fingerprint density at radius 3 is 2.03 bits per heavy atom. The van der Waals surface area contributed by atoms with Crippen LogP contribution in [0, 0.1) is 0 Å². The van der Waals surface area contributed by atoms with Crippen LogP contribution in [0.5, 0.6) is 0 Å². The molecule has 0 N–H and O–H groups in total. The third-order valence-corrected chi connectivity index (χ3v) is 5.72. The molecule has 156 valence electrons. The lowest BCUT2D eigenvalue weighted by Gasteiger charge is -2.21. The Morgan fingerprint density at radius 1 is 0.806 bits per heavy atom. The smallest absolute Gasteiger partial charge is 0.278 e. The molecule has 0 unspecified atom stereocenters. The van der Waals surface area contributed by atoms with Gasteiger partial charge in [0.15, 0.2) is 0 Å². The molecule has 0 aliphatic carbocycles. The summed E-state index contributed by atoms with van der Waals surface area (Å²) in [5.41, 5.74) is 3.02. The van der Waals surface area contributed by atoms with Crippen LogP contribution in [0.2, 0.25) is 10.0 Å². The number of carbonyl (C=O) groups is 2. The zero-order chi connectivity index (χ0) is 22.0. The van der Waals surface area contributed by atoms with E-state index in [0.717, 1.165) is 11.1 Å². The van der Waals surface area contributed by atoms with Gasteiger partial charge >= 0.3 is 0 Å². The maximum absolute atomic E-state index is 13.5. The molecular weight excluding hydrogens is 431 g/mol. The molecule has 0 aromatic heterocycles. The summed E-state index contributed by atoms with van der Waals surface area (Å²) in [4.78, 5) is 30.0. The summed E-state index contributed by atoms with van der Waals surface area (Å²) in [5.74, 6) is -0.707. The average molecular weight is 451 g/mol. The third-order valence-electron chi connectivity index (χ3n) is 5.17. The van der Waals surface area contributed by atoms with Crippen molar-refractivity contribution >= 4 is 40.6 Å². The highest BCUT2D eigenvalue weighted by molar-refractivity contribution is 6.41. The van der Waals surface area contributed by atoms with Gasteiger partial charge in [-0.3, -0.25) is 14.5 Å². The number of hydrogen-bond acceptors (Lipinski definition) is 3. The minimum Gasteiger partial charge on any atom is -0.365 e. The number of imide groups is 1. The maximum atomic E-state index is 13.5. The van der Waals surface area contributed by atoms with Crippen LogP contribution < -0.4 is 0 Å². The number of carbonyl (C=O) groups excluding carboxylic acids is 2. The fraction of sp³-hybridized carbons (Fsp3) is 0.120. The van der Waals surface area contributed by atoms with Gasteiger partial charge in [-0.25, -0.2) is 0 Å². The highest BCUT2D eigenvalue weighted by atomic mass is 35.5. The summed E-state index contributed by atoms with van der Waals surface area (Å²) in [7, 11) is 1.81. The van der Waals surface area contributed by atoms with Gasteiger partial charge in [-0.2, -0.15) is 0 Å². The van der Waals surface area contributed by atoms with Crippen molar-refractivity contribution in [2.75, 3.05) is 7.05 Å². The quantitative estimate of drug-likeness (QED) is 0.471. The average Bonchev–Trinajstić information content (AvgIpc) is 3.00. The summed E-state index contributed by atoms with van der Waals surface area (Å²) in [6.45, 7) is 0.666. The number of rotatable bonds is 6. The van der Waals surface area contributed by atoms with Crippen molar-refractivity contribution in [1.29, 1.82) is 0 Å². The van der Waals surface area contributed by atoms with Crippen LogP contribution in [-0.2, 0) is 22.7 Å². The van der Waals surface area contributed by atoms with E-state index in [1.165, 1.54) is 4.90 Å². The molecule has 0 bridgehead atoms. The minimum atomic E-state index is -0.368. The first-order valence-corrected chi connectivity index (χ1v) is 10.6. The van der Waals surface area contributed by atoms with Crippen molar-refractivity contribution in [1.82, 2.24) is 9.80 Å². The summed E-state index contributed by atoms with van der Waals surface area (Å²) in [6.07, 6.45) is 0. The molecule has 0 saturated heterocycles. The SMILES string of the molecule is CN(Cc1ccccc1)C1=C(c2ccc(Cl)cc2Cl)C(=O)N(Cc2ccccc2)C1=O. The maximum Gasteiger partial charge on any atom is 0.278 e. The Kier molecular flexibility index (Phi) is 6.12. The van der Waals surface area contributed by atoms with Gasteiger partial charge in [0, 0.05) is 24.2 Å². The van der Waals surface area contributed by atoms with Gasteiger partial charge in [0.05, 0.1) is 17.1 Å². The Hall–Kier alpha value is -3.08. The van der Waals surface area contributed by atoms with Crippen LogP contribution in [0.1, 0.15) is 16.7 Å². The molecule has 0 atom stereocenters. The van der Waals surface area contributed by atoms with Gasteiger partial charge in [-0.15, -0.1) is 0 Å². The highest BCUT2D eigenvalue weighted by Crippen LogP contribution is 2.36. The number of hydrogen-bond donors (Lipinski definition) is 0. The van der Waals surface area contributed by atoms with E-state index in [9.17, 15) is 9.59 Å². The van der Waals surface area contributed by atoms with E-state index in [4.69, 9.17) is 23.2 Å². The summed E-state index contributed by atoms with van der Waals surface area (Å²) in [5, 5.41) is 0.794. The van der Waals surface area contributed by atoms with E-state index in [0.29, 0.717) is 33.4 Å². The Labute approximate surface area is 191 Å². The lowest BCUT2D eigenvalue weighted by molar-refractivity contribution is -0.138. The van der Waals surface area contributed by atoms with Crippen molar-refractivity contribution in [3.8, 4) is 0 Å². The van der Waals surface area contributed by atoms with Crippen LogP contribution >= 0.6 is 23.2 Å². The number of benzene rings is 3. The molecular formula is C25H20Cl2N2O2. The topological polar surface area (TPSA) is 40.6 Å². The Bertz CT molecular complexity index is 1160. The van der Waals surface area contributed by atoms with Gasteiger partial charge in [0.1, 0.15) is 5.70 Å². The molecule has 0 radical (unpaired) electrons. The molecule has 1 aliphatic rings. The van der Waals surface area contributed by atoms with Gasteiger partial charge < -0.3 is 4.90 Å². The van der Waals surface area contributed by atoms with Crippen molar-refractivity contribution in [3.05, 3.63) is 111 Å². The van der Waals surface area contributed by atoms with Crippen molar-refractivity contribution in [2.24, 2.45) is 0 Å². The Balaban J connectivity index is 1.77. The van der Waals surface area contributed by atoms with Crippen LogP contribution in [0.4, 0.5) is 0 Å². The predicted octanol–water partition coefficient (Wildman–Crippen LogP) is 5.41. The van der Waals surface area contributed by atoms with Crippen LogP contribution in [0.3, 0.4) is 0 Å². The summed E-state index contributed by atoms with van der Waals surface area (Å²) >= 11 is 12.5. The molecule has 3 aromatic rings. The molecule has 6 heteroatoms. The van der Waals surface area contributed by atoms with E-state index < -0.39 is 0 Å². The molecule has 0 fully saturated rings. The van der Waals surface area contributed by atoms with Gasteiger partial charge in [0.25, 0.3) is 11.8 Å². The normalized spacial score (nSPS) is 13.8. The molecule has 0 saturated carbocycles. The van der Waals surface area contributed by atoms with Crippen molar-refractivity contribution < 1.29 is 9.59 Å². The molecule has 4 rings (SSSR count). The fourth-order valence-electron chi connectivity index (χ4n) is 3.70. The fourth-order valence-corrected chi connectivity index (χ4v) is 4.20. The summed E-state index contributed by atoms with van der Waals surface area (Å²) in [6, 6.07) is 24.2. The zero-order valence-corrected chi connectivity index (χ0v) is 18.4. The van der Waals surface area contributed by atoms with Crippen molar-refractivity contribution in [3.63, 3.8) is 0 Å². The van der Waals surface area contributed by atoms with E-state index in [-0.39, 0.29) is 18.4 Å². The van der Waals surface area contributed by atoms with Gasteiger partial charge in [0.2, 0.25) is 0 Å². The highest BCUT2D eigenvalue weighted by Gasteiger charge is 2.41. The molecule has 0 spiro atoms. The molecule has 3 aromatic carbocycles. The van der Waals surface area contributed by atoms with Crippen molar-refractivity contribution in [2.45, 2.75) is 13.1 Å². The number of nitrogens with zero attached hydrogens (tertiary/aromatic N) is 2. The van der Waals surface area contributed by atoms with E-state index in [2.05, 4.69) is 0 Å². The standard InChI is InChI=1S/C25H20Cl2N2O2/c1-28(15-17-8-4-2-5-9-17)23-22(20-13-12-19(26)14-21(20)27)24(30)29(25(23)31)16-18-10-6-3-7-11-18/h2-14H,15-16H2,1H3. The minimum absolute atomic E-state index is 0.190. The lowest BCUT2D eigenvalue weighted by atomic mass is 10.0. The number of amides is 2. The van der Waals surface area contributed by atoms with E-state index in [1.807, 2.05) is 67.7 Å². The lowest BCUT2D eigenvalue weighted by Crippen LogP contribution is -2.33. The summed E-state index contributed by atoms with van der Waals surface area (Å²) < 4.78 is 0. The molecule has 4 nitrogen and oxygen atoms in total. The second-order valence-corrected chi connectivity index (χ2v) is 8.22. The number of halogens is 2. The van der Waals surface area contributed by atoms with E-state index in [1.54, 1.807) is 23.1 Å². The van der Waals surface area contributed by atoms with Crippen LogP contribution in [0.15, 0.2) is 84.6 Å². The van der Waals surface area contributed by atoms with Gasteiger partial charge in [-0.1, -0.05) is 89.9 Å². The largest absolute Gasteiger partial charge is 0.365 e. The first kappa shape index (κ1) is 21.2. The Morgan fingerprint density at radius 2 is 1.42 bits per heavy atom. The molecule has 1 heterocycles. The second-order valence-electron chi connectivity index (χ2n) is 7.37. The number of likely N-dealkylation sites (N-methyl/N-ethyl adjacent to an activating group) is 1. The molecule has 2 amide bonds. The monoisotopic (exact) mass is 450 g/mol. The predicted molar refractivity (Wildman–Crippen MR) is 123 cm³/mol. The zero-order valence-electron chi connectivity index (χ0n) is 16.9. The molecule has 31 heavy (non-hydrogen) atoms. The third kappa shape index (κ3) is 4.36. The van der Waals surface area contributed by atoms with Crippen LogP contribution in [-0.4, -0.2) is 28.7 Å². The molecule has 1 aliphatic heterocycles. The first-order valence-electron chi connectivity index (χ1n) is 9.80. The first-order chi connectivity index (χ1) is 15.0. The second kappa shape index (κ2) is 8.96. The van der Waals surface area contributed by atoms with E-state index >= 15 is 0 Å². The van der Waals surface area contributed by atoms with Crippen LogP contribution in [0.25, 0.3) is 5.57 Å². The van der Waals surface area contributed by atoms with Gasteiger partial charge in [-0.05, 0) is 23.3 Å².